The van der Waals surface area contributed by atoms with Crippen molar-refractivity contribution in [2.24, 2.45) is 0 Å². The van der Waals surface area contributed by atoms with Gasteiger partial charge in [0.05, 0.1) is 12.6 Å². The quantitative estimate of drug-likeness (QED) is 0.644. The van der Waals surface area contributed by atoms with Crippen molar-refractivity contribution in [3.8, 4) is 0 Å². The molecule has 1 unspecified atom stereocenters. The Morgan fingerprint density at radius 2 is 1.87 bits per heavy atom. The Morgan fingerprint density at radius 3 is 2.57 bits per heavy atom. The molecule has 2 heterocycles. The number of rotatable bonds is 9. The van der Waals surface area contributed by atoms with E-state index in [0.717, 1.165) is 50.3 Å². The summed E-state index contributed by atoms with van der Waals surface area (Å²) >= 11 is 1.72. The van der Waals surface area contributed by atoms with Crippen LogP contribution in [0, 0.1) is 0 Å². The zero-order valence-corrected chi connectivity index (χ0v) is 18.7. The SMILES string of the molecule is CCc1ccccc1NC(=O)CN1CCN(C(C)C(=O)NCCc2cccs2)CC1. The standard InChI is InChI=1S/C23H32N4O2S/c1-3-19-7-4-5-9-21(19)25-22(28)17-26-12-14-27(15-13-26)18(2)23(29)24-11-10-20-8-6-16-30-20/h4-9,16,18H,3,10-15,17H2,1-2H3,(H,24,29)(H,25,28). The van der Waals surface area contributed by atoms with Crippen LogP contribution >= 0.6 is 11.3 Å². The summed E-state index contributed by atoms with van der Waals surface area (Å²) in [5.41, 5.74) is 2.05. The summed E-state index contributed by atoms with van der Waals surface area (Å²) in [5.74, 6) is 0.0950. The third-order valence-electron chi connectivity index (χ3n) is 5.62. The van der Waals surface area contributed by atoms with E-state index in [1.54, 1.807) is 11.3 Å². The average Bonchev–Trinajstić information content (AvgIpc) is 3.27. The molecule has 6 nitrogen and oxygen atoms in total. The van der Waals surface area contributed by atoms with Gasteiger partial charge in [-0.25, -0.2) is 0 Å². The van der Waals surface area contributed by atoms with E-state index in [4.69, 9.17) is 0 Å². The van der Waals surface area contributed by atoms with Crippen molar-refractivity contribution < 1.29 is 9.59 Å². The van der Waals surface area contributed by atoms with Gasteiger partial charge in [-0.2, -0.15) is 0 Å². The second-order valence-electron chi connectivity index (χ2n) is 7.67. The number of para-hydroxylation sites is 1. The Morgan fingerprint density at radius 1 is 1.10 bits per heavy atom. The lowest BCUT2D eigenvalue weighted by Crippen LogP contribution is -2.54. The number of anilines is 1. The van der Waals surface area contributed by atoms with Gasteiger partial charge in [-0.05, 0) is 42.8 Å². The van der Waals surface area contributed by atoms with Crippen LogP contribution in [0.3, 0.4) is 0 Å². The van der Waals surface area contributed by atoms with Crippen molar-refractivity contribution in [2.45, 2.75) is 32.7 Å². The highest BCUT2D eigenvalue weighted by Crippen LogP contribution is 2.15. The molecule has 0 spiro atoms. The molecular weight excluding hydrogens is 396 g/mol. The molecule has 7 heteroatoms. The Hall–Kier alpha value is -2.22. The lowest BCUT2D eigenvalue weighted by atomic mass is 10.1. The van der Waals surface area contributed by atoms with Crippen LogP contribution < -0.4 is 10.6 Å². The number of hydrogen-bond acceptors (Lipinski definition) is 5. The first-order valence-electron chi connectivity index (χ1n) is 10.7. The Labute approximate surface area is 183 Å². The number of benzene rings is 1. The monoisotopic (exact) mass is 428 g/mol. The molecule has 1 aliphatic rings. The van der Waals surface area contributed by atoms with Crippen LogP contribution in [0.5, 0.6) is 0 Å². The van der Waals surface area contributed by atoms with E-state index in [-0.39, 0.29) is 17.9 Å². The van der Waals surface area contributed by atoms with E-state index < -0.39 is 0 Å². The van der Waals surface area contributed by atoms with Gasteiger partial charge in [-0.1, -0.05) is 31.2 Å². The van der Waals surface area contributed by atoms with Gasteiger partial charge in [0.25, 0.3) is 0 Å². The summed E-state index contributed by atoms with van der Waals surface area (Å²) in [4.78, 5) is 30.6. The van der Waals surface area contributed by atoms with E-state index in [0.29, 0.717) is 13.1 Å². The van der Waals surface area contributed by atoms with E-state index in [1.165, 1.54) is 4.88 Å². The summed E-state index contributed by atoms with van der Waals surface area (Å²) in [7, 11) is 0. The van der Waals surface area contributed by atoms with Gasteiger partial charge < -0.3 is 10.6 Å². The van der Waals surface area contributed by atoms with Crippen LogP contribution in [-0.2, 0) is 22.4 Å². The molecule has 1 saturated heterocycles. The van der Waals surface area contributed by atoms with E-state index >= 15 is 0 Å². The van der Waals surface area contributed by atoms with Gasteiger partial charge in [-0.3, -0.25) is 19.4 Å². The molecule has 30 heavy (non-hydrogen) atoms. The van der Waals surface area contributed by atoms with Crippen molar-refractivity contribution in [1.82, 2.24) is 15.1 Å². The molecule has 162 valence electrons. The fourth-order valence-corrected chi connectivity index (χ4v) is 4.44. The van der Waals surface area contributed by atoms with Crippen molar-refractivity contribution in [3.63, 3.8) is 0 Å². The molecular formula is C23H32N4O2S. The molecule has 2 amide bonds. The Kier molecular flexibility index (Phi) is 8.42. The van der Waals surface area contributed by atoms with E-state index in [9.17, 15) is 9.59 Å². The van der Waals surface area contributed by atoms with Gasteiger partial charge in [0.15, 0.2) is 0 Å². The number of thiophene rings is 1. The summed E-state index contributed by atoms with van der Waals surface area (Å²) in [6.07, 6.45) is 1.77. The minimum atomic E-state index is -0.152. The average molecular weight is 429 g/mol. The van der Waals surface area contributed by atoms with Gasteiger partial charge in [-0.15, -0.1) is 11.3 Å². The van der Waals surface area contributed by atoms with Crippen LogP contribution in [0.15, 0.2) is 41.8 Å². The molecule has 2 aromatic rings. The lowest BCUT2D eigenvalue weighted by molar-refractivity contribution is -0.127. The first-order chi connectivity index (χ1) is 14.6. The Bertz CT molecular complexity index is 816. The molecule has 0 saturated carbocycles. The van der Waals surface area contributed by atoms with Gasteiger partial charge in [0.2, 0.25) is 11.8 Å². The van der Waals surface area contributed by atoms with Crippen LogP contribution in [0.2, 0.25) is 0 Å². The summed E-state index contributed by atoms with van der Waals surface area (Å²) in [6, 6.07) is 11.9. The number of carbonyl (C=O) groups is 2. The number of aryl methyl sites for hydroxylation is 1. The third-order valence-corrected chi connectivity index (χ3v) is 6.56. The van der Waals surface area contributed by atoms with Gasteiger partial charge in [0.1, 0.15) is 0 Å². The lowest BCUT2D eigenvalue weighted by Gasteiger charge is -2.37. The van der Waals surface area contributed by atoms with Crippen molar-refractivity contribution in [3.05, 3.63) is 52.2 Å². The van der Waals surface area contributed by atoms with Crippen LogP contribution in [0.4, 0.5) is 5.69 Å². The van der Waals surface area contributed by atoms with Crippen molar-refractivity contribution >= 4 is 28.8 Å². The third kappa shape index (κ3) is 6.39. The summed E-state index contributed by atoms with van der Waals surface area (Å²) in [5, 5.41) is 8.14. The molecule has 0 aliphatic carbocycles. The fourth-order valence-electron chi connectivity index (χ4n) is 3.73. The maximum absolute atomic E-state index is 12.5. The molecule has 3 rings (SSSR count). The molecule has 1 atom stereocenters. The minimum absolute atomic E-state index is 0.0173. The van der Waals surface area contributed by atoms with Gasteiger partial charge >= 0.3 is 0 Å². The van der Waals surface area contributed by atoms with Crippen molar-refractivity contribution in [1.29, 1.82) is 0 Å². The largest absolute Gasteiger partial charge is 0.354 e. The maximum Gasteiger partial charge on any atom is 0.238 e. The maximum atomic E-state index is 12.5. The fraction of sp³-hybridized carbons (Fsp3) is 0.478. The van der Waals surface area contributed by atoms with Crippen molar-refractivity contribution in [2.75, 3.05) is 44.6 Å². The zero-order valence-electron chi connectivity index (χ0n) is 17.9. The van der Waals surface area contributed by atoms with Gasteiger partial charge in [0, 0.05) is 43.3 Å². The second kappa shape index (κ2) is 11.2. The molecule has 0 bridgehead atoms. The van der Waals surface area contributed by atoms with Crippen LogP contribution in [0.25, 0.3) is 0 Å². The predicted molar refractivity (Wildman–Crippen MR) is 123 cm³/mol. The zero-order chi connectivity index (χ0) is 21.3. The van der Waals surface area contributed by atoms with Crippen LogP contribution in [-0.4, -0.2) is 66.9 Å². The normalized spacial score (nSPS) is 16.2. The highest BCUT2D eigenvalue weighted by atomic mass is 32.1. The number of piperazine rings is 1. The minimum Gasteiger partial charge on any atom is -0.354 e. The molecule has 1 aliphatic heterocycles. The summed E-state index contributed by atoms with van der Waals surface area (Å²) in [6.45, 7) is 8.26. The number of hydrogen-bond donors (Lipinski definition) is 2. The highest BCUT2D eigenvalue weighted by Gasteiger charge is 2.26. The van der Waals surface area contributed by atoms with E-state index in [1.807, 2.05) is 37.3 Å². The molecule has 2 N–H and O–H groups in total. The number of nitrogens with zero attached hydrogens (tertiary/aromatic N) is 2. The second-order valence-corrected chi connectivity index (χ2v) is 8.70. The number of nitrogens with one attached hydrogen (secondary N) is 2. The Balaban J connectivity index is 1.38. The smallest absolute Gasteiger partial charge is 0.238 e. The van der Waals surface area contributed by atoms with Crippen LogP contribution in [0.1, 0.15) is 24.3 Å². The first-order valence-corrected chi connectivity index (χ1v) is 11.6. The molecule has 1 aromatic heterocycles. The first kappa shape index (κ1) is 22.5. The predicted octanol–water partition coefficient (Wildman–Crippen LogP) is 2.61. The number of amides is 2. The molecule has 1 fully saturated rings. The number of carbonyl (C=O) groups excluding carboxylic acids is 2. The van der Waals surface area contributed by atoms with E-state index in [2.05, 4.69) is 38.8 Å². The summed E-state index contributed by atoms with van der Waals surface area (Å²) < 4.78 is 0. The molecule has 1 aromatic carbocycles. The molecule has 0 radical (unpaired) electrons. The highest BCUT2D eigenvalue weighted by molar-refractivity contribution is 7.09. The topological polar surface area (TPSA) is 64.7 Å².